The molecule has 1 heterocycles. The summed E-state index contributed by atoms with van der Waals surface area (Å²) in [6, 6.07) is 8.76. The zero-order valence-corrected chi connectivity index (χ0v) is 22.6. The van der Waals surface area contributed by atoms with Crippen molar-refractivity contribution in [3.8, 4) is 11.5 Å². The third-order valence-corrected chi connectivity index (χ3v) is 8.26. The summed E-state index contributed by atoms with van der Waals surface area (Å²) in [5.41, 5.74) is 0.707. The molecule has 0 bridgehead atoms. The van der Waals surface area contributed by atoms with Gasteiger partial charge in [-0.15, -0.1) is 0 Å². The van der Waals surface area contributed by atoms with Crippen LogP contribution in [0.1, 0.15) is 25.8 Å². The van der Waals surface area contributed by atoms with E-state index in [-0.39, 0.29) is 24.4 Å². The number of amides is 2. The molecule has 0 aromatic heterocycles. The molecule has 12 heteroatoms. The smallest absolute Gasteiger partial charge is 0.244 e. The number of carbonyl (C=O) groups excluding carboxylic acids is 2. The van der Waals surface area contributed by atoms with E-state index in [1.165, 1.54) is 24.9 Å². The van der Waals surface area contributed by atoms with Crippen molar-refractivity contribution >= 4 is 50.7 Å². The lowest BCUT2D eigenvalue weighted by Gasteiger charge is -2.33. The molecule has 0 aliphatic carbocycles. The first kappa shape index (κ1) is 27.9. The van der Waals surface area contributed by atoms with E-state index in [1.807, 2.05) is 0 Å². The van der Waals surface area contributed by atoms with Crippen molar-refractivity contribution in [2.24, 2.45) is 0 Å². The number of rotatable bonds is 10. The Morgan fingerprint density at radius 1 is 1.06 bits per heavy atom. The van der Waals surface area contributed by atoms with Gasteiger partial charge in [0.1, 0.15) is 25.8 Å². The molecule has 1 aliphatic heterocycles. The summed E-state index contributed by atoms with van der Waals surface area (Å²) in [4.78, 5) is 27.7. The van der Waals surface area contributed by atoms with E-state index in [2.05, 4.69) is 5.32 Å². The largest absolute Gasteiger partial charge is 0.486 e. The molecule has 0 radical (unpaired) electrons. The molecule has 36 heavy (non-hydrogen) atoms. The van der Waals surface area contributed by atoms with Crippen LogP contribution in [-0.4, -0.2) is 63.7 Å². The van der Waals surface area contributed by atoms with E-state index < -0.39 is 34.4 Å². The average molecular weight is 558 g/mol. The lowest BCUT2D eigenvalue weighted by atomic mass is 10.1. The molecule has 2 aromatic carbocycles. The molecule has 0 saturated heterocycles. The molecular formula is C24H29Cl2N3O6S. The van der Waals surface area contributed by atoms with Crippen LogP contribution < -0.4 is 19.1 Å². The highest BCUT2D eigenvalue weighted by Gasteiger charge is 2.33. The van der Waals surface area contributed by atoms with Gasteiger partial charge in [-0.05, 0) is 37.6 Å². The Hall–Kier alpha value is -2.69. The van der Waals surface area contributed by atoms with Crippen molar-refractivity contribution in [3.63, 3.8) is 0 Å². The molecule has 2 aromatic rings. The van der Waals surface area contributed by atoms with Crippen molar-refractivity contribution in [1.82, 2.24) is 10.2 Å². The Bertz CT molecular complexity index is 1200. The summed E-state index contributed by atoms with van der Waals surface area (Å²) in [6.07, 6.45) is 0.290. The Morgan fingerprint density at radius 2 is 1.69 bits per heavy atom. The number of sulfonamides is 1. The van der Waals surface area contributed by atoms with Gasteiger partial charge < -0.3 is 19.7 Å². The van der Waals surface area contributed by atoms with Crippen LogP contribution in [-0.2, 0) is 26.2 Å². The number of hydrogen-bond donors (Lipinski definition) is 1. The molecule has 9 nitrogen and oxygen atoms in total. The van der Waals surface area contributed by atoms with Crippen molar-refractivity contribution in [1.29, 1.82) is 0 Å². The lowest BCUT2D eigenvalue weighted by Crippen LogP contribution is -2.52. The standard InChI is InChI=1S/C24H29Cl2N3O6S/c1-4-20(24(31)27-3)28(14-17-18(25)7-6-8-19(17)26)23(30)15-29(36(32,33)5-2)16-9-10-21-22(13-16)35-12-11-34-21/h6-10,13,20H,4-5,11-12,14-15H2,1-3H3,(H,27,31)/t20-/m1/s1. The van der Waals surface area contributed by atoms with Gasteiger partial charge in [0.2, 0.25) is 21.8 Å². The highest BCUT2D eigenvalue weighted by atomic mass is 35.5. The van der Waals surface area contributed by atoms with Crippen LogP contribution >= 0.6 is 23.2 Å². The summed E-state index contributed by atoms with van der Waals surface area (Å²) < 4.78 is 38.3. The zero-order valence-electron chi connectivity index (χ0n) is 20.3. The van der Waals surface area contributed by atoms with E-state index in [0.717, 1.165) is 4.31 Å². The minimum absolute atomic E-state index is 0.0790. The number of likely N-dealkylation sites (N-methyl/N-ethyl adjacent to an activating group) is 1. The molecule has 0 saturated carbocycles. The number of carbonyl (C=O) groups is 2. The second kappa shape index (κ2) is 12.0. The van der Waals surface area contributed by atoms with E-state index in [0.29, 0.717) is 40.3 Å². The molecule has 0 spiro atoms. The molecular weight excluding hydrogens is 529 g/mol. The Labute approximate surface area is 221 Å². The Morgan fingerprint density at radius 3 is 2.28 bits per heavy atom. The normalized spacial score (nSPS) is 13.6. The topological polar surface area (TPSA) is 105 Å². The lowest BCUT2D eigenvalue weighted by molar-refractivity contribution is -0.140. The van der Waals surface area contributed by atoms with E-state index in [4.69, 9.17) is 32.7 Å². The predicted molar refractivity (Wildman–Crippen MR) is 139 cm³/mol. The fourth-order valence-corrected chi connectivity index (χ4v) is 5.42. The number of ether oxygens (including phenoxy) is 2. The summed E-state index contributed by atoms with van der Waals surface area (Å²) in [7, 11) is -2.41. The summed E-state index contributed by atoms with van der Waals surface area (Å²) >= 11 is 12.7. The maximum Gasteiger partial charge on any atom is 0.244 e. The molecule has 0 fully saturated rings. The van der Waals surface area contributed by atoms with Crippen LogP contribution in [0.4, 0.5) is 5.69 Å². The summed E-state index contributed by atoms with van der Waals surface area (Å²) in [5, 5.41) is 3.23. The minimum Gasteiger partial charge on any atom is -0.486 e. The van der Waals surface area contributed by atoms with Gasteiger partial charge in [0, 0.05) is 35.3 Å². The van der Waals surface area contributed by atoms with Crippen LogP contribution in [0.15, 0.2) is 36.4 Å². The van der Waals surface area contributed by atoms with Gasteiger partial charge in [0.15, 0.2) is 11.5 Å². The van der Waals surface area contributed by atoms with Crippen molar-refractivity contribution in [2.75, 3.05) is 36.9 Å². The van der Waals surface area contributed by atoms with Gasteiger partial charge in [-0.25, -0.2) is 8.42 Å². The molecule has 1 aliphatic rings. The highest BCUT2D eigenvalue weighted by molar-refractivity contribution is 7.92. The first-order valence-corrected chi connectivity index (χ1v) is 13.8. The number of hydrogen-bond acceptors (Lipinski definition) is 6. The minimum atomic E-state index is -3.88. The van der Waals surface area contributed by atoms with Crippen LogP contribution in [0.2, 0.25) is 10.0 Å². The van der Waals surface area contributed by atoms with Gasteiger partial charge in [-0.3, -0.25) is 13.9 Å². The summed E-state index contributed by atoms with van der Waals surface area (Å²) in [5.74, 6) is -0.339. The fraction of sp³-hybridized carbons (Fsp3) is 0.417. The molecule has 196 valence electrons. The van der Waals surface area contributed by atoms with Gasteiger partial charge >= 0.3 is 0 Å². The van der Waals surface area contributed by atoms with Crippen molar-refractivity contribution in [3.05, 3.63) is 52.0 Å². The quantitative estimate of drug-likeness (QED) is 0.479. The summed E-state index contributed by atoms with van der Waals surface area (Å²) in [6.45, 7) is 3.35. The fourth-order valence-electron chi connectivity index (χ4n) is 3.85. The first-order valence-electron chi connectivity index (χ1n) is 11.5. The van der Waals surface area contributed by atoms with Gasteiger partial charge in [-0.2, -0.15) is 0 Å². The third-order valence-electron chi connectivity index (χ3n) is 5.82. The Balaban J connectivity index is 2.02. The highest BCUT2D eigenvalue weighted by Crippen LogP contribution is 2.35. The van der Waals surface area contributed by atoms with Gasteiger partial charge in [0.05, 0.1) is 11.4 Å². The SMILES string of the molecule is CC[C@H](C(=O)NC)N(Cc1c(Cl)cccc1Cl)C(=O)CN(c1ccc2c(c1)OCCO2)S(=O)(=O)CC. The van der Waals surface area contributed by atoms with Gasteiger partial charge in [0.25, 0.3) is 0 Å². The monoisotopic (exact) mass is 557 g/mol. The van der Waals surface area contributed by atoms with E-state index in [1.54, 1.807) is 37.3 Å². The number of halogens is 2. The van der Waals surface area contributed by atoms with Gasteiger partial charge in [-0.1, -0.05) is 36.2 Å². The third kappa shape index (κ3) is 6.16. The molecule has 2 amide bonds. The average Bonchev–Trinajstić information content (AvgIpc) is 2.88. The van der Waals surface area contributed by atoms with E-state index >= 15 is 0 Å². The van der Waals surface area contributed by atoms with Crippen molar-refractivity contribution < 1.29 is 27.5 Å². The Kier molecular flexibility index (Phi) is 9.32. The second-order valence-electron chi connectivity index (χ2n) is 8.00. The van der Waals surface area contributed by atoms with Crippen LogP contribution in [0, 0.1) is 0 Å². The second-order valence-corrected chi connectivity index (χ2v) is 11.0. The number of nitrogens with zero attached hydrogens (tertiary/aromatic N) is 2. The predicted octanol–water partition coefficient (Wildman–Crippen LogP) is 3.47. The maximum atomic E-state index is 13.7. The molecule has 3 rings (SSSR count). The number of fused-ring (bicyclic) bond motifs is 1. The van der Waals surface area contributed by atoms with E-state index in [9.17, 15) is 18.0 Å². The van der Waals surface area contributed by atoms with Crippen LogP contribution in [0.3, 0.4) is 0 Å². The first-order chi connectivity index (χ1) is 17.1. The maximum absolute atomic E-state index is 13.7. The number of nitrogens with one attached hydrogen (secondary N) is 1. The molecule has 1 N–H and O–H groups in total. The van der Waals surface area contributed by atoms with Crippen LogP contribution in [0.25, 0.3) is 0 Å². The zero-order chi connectivity index (χ0) is 26.5. The van der Waals surface area contributed by atoms with Crippen molar-refractivity contribution in [2.45, 2.75) is 32.9 Å². The number of anilines is 1. The number of benzene rings is 2. The van der Waals surface area contributed by atoms with Crippen LogP contribution in [0.5, 0.6) is 11.5 Å². The molecule has 0 unspecified atom stereocenters. The molecule has 1 atom stereocenters.